The molecule has 4 nitrogen and oxygen atoms in total. The van der Waals surface area contributed by atoms with Crippen molar-refractivity contribution in [3.63, 3.8) is 0 Å². The van der Waals surface area contributed by atoms with Gasteiger partial charge >= 0.3 is 5.97 Å². The van der Waals surface area contributed by atoms with E-state index in [1.807, 2.05) is 0 Å². The maximum absolute atomic E-state index is 12.6. The third-order valence-corrected chi connectivity index (χ3v) is 4.75. The largest absolute Gasteiger partial charge is 0.481 e. The van der Waals surface area contributed by atoms with Gasteiger partial charge in [-0.3, -0.25) is 9.59 Å². The molecule has 0 saturated heterocycles. The number of nitrogens with one attached hydrogen (secondary N) is 1. The van der Waals surface area contributed by atoms with Crippen molar-refractivity contribution in [2.75, 3.05) is 0 Å². The molecule has 0 aliphatic heterocycles. The van der Waals surface area contributed by atoms with Gasteiger partial charge in [0.1, 0.15) is 0 Å². The van der Waals surface area contributed by atoms with Gasteiger partial charge in [-0.2, -0.15) is 0 Å². The summed E-state index contributed by atoms with van der Waals surface area (Å²) in [4.78, 5) is 27.3. The molecular weight excluding hydrogens is 385 g/mol. The lowest BCUT2D eigenvalue weighted by molar-refractivity contribution is -0.138. The zero-order valence-corrected chi connectivity index (χ0v) is 15.0. The summed E-state index contributed by atoms with van der Waals surface area (Å²) in [6.45, 7) is 0. The van der Waals surface area contributed by atoms with Crippen LogP contribution in [0.3, 0.4) is 0 Å². The second-order valence-electron chi connectivity index (χ2n) is 5.58. The lowest BCUT2D eigenvalue weighted by Crippen LogP contribution is -2.16. The standard InChI is InChI=1S/C18H12Cl3NO3/c19-9-2-4-12(15(21)5-9)17(23)7-13(18(24)25)14-8-22-16-6-10(20)1-3-11(14)16/h1-6,8,13,22H,7H2,(H,24,25). The number of carbonyl (C=O) groups is 2. The minimum atomic E-state index is -1.09. The summed E-state index contributed by atoms with van der Waals surface area (Å²) in [5.74, 6) is -2.46. The number of H-pyrrole nitrogens is 1. The number of hydrogen-bond donors (Lipinski definition) is 2. The number of aromatic amines is 1. The zero-order chi connectivity index (χ0) is 18.1. The summed E-state index contributed by atoms with van der Waals surface area (Å²) in [5.41, 5.74) is 1.49. The number of rotatable bonds is 5. The van der Waals surface area contributed by atoms with Gasteiger partial charge in [-0.05, 0) is 35.9 Å². The summed E-state index contributed by atoms with van der Waals surface area (Å²) in [6.07, 6.45) is 1.38. The number of aliphatic carboxylic acids is 1. The maximum atomic E-state index is 12.6. The number of ketones is 1. The van der Waals surface area contributed by atoms with Crippen LogP contribution in [0.1, 0.15) is 28.3 Å². The Balaban J connectivity index is 1.96. The van der Waals surface area contributed by atoms with Crippen molar-refractivity contribution < 1.29 is 14.7 Å². The van der Waals surface area contributed by atoms with Crippen LogP contribution in [0.5, 0.6) is 0 Å². The maximum Gasteiger partial charge on any atom is 0.311 e. The Labute approximate surface area is 158 Å². The molecule has 0 bridgehead atoms. The Hall–Kier alpha value is -2.01. The molecule has 0 saturated carbocycles. The average Bonchev–Trinajstić information content (AvgIpc) is 2.94. The van der Waals surface area contributed by atoms with Crippen LogP contribution in [-0.2, 0) is 4.79 Å². The van der Waals surface area contributed by atoms with E-state index in [1.54, 1.807) is 30.5 Å². The lowest BCUT2D eigenvalue weighted by atomic mass is 9.91. The molecule has 0 amide bonds. The number of carboxylic acid groups (broad SMARTS) is 1. The molecule has 0 fully saturated rings. The quantitative estimate of drug-likeness (QED) is 0.554. The first-order valence-corrected chi connectivity index (χ1v) is 8.48. The van der Waals surface area contributed by atoms with E-state index in [0.29, 0.717) is 26.5 Å². The molecule has 7 heteroatoms. The van der Waals surface area contributed by atoms with E-state index in [9.17, 15) is 14.7 Å². The molecule has 2 N–H and O–H groups in total. The van der Waals surface area contributed by atoms with Crippen LogP contribution in [0, 0.1) is 0 Å². The van der Waals surface area contributed by atoms with Gasteiger partial charge in [0.15, 0.2) is 5.78 Å². The minimum absolute atomic E-state index is 0.201. The number of carboxylic acids is 1. The highest BCUT2D eigenvalue weighted by Crippen LogP contribution is 2.32. The molecule has 2 aromatic carbocycles. The summed E-state index contributed by atoms with van der Waals surface area (Å²) in [6, 6.07) is 9.62. The Morgan fingerprint density at radius 3 is 2.40 bits per heavy atom. The van der Waals surface area contributed by atoms with E-state index < -0.39 is 11.9 Å². The van der Waals surface area contributed by atoms with E-state index in [4.69, 9.17) is 34.8 Å². The molecule has 1 heterocycles. The van der Waals surface area contributed by atoms with Crippen LogP contribution in [0.4, 0.5) is 0 Å². The van der Waals surface area contributed by atoms with Crippen LogP contribution in [0.2, 0.25) is 15.1 Å². The topological polar surface area (TPSA) is 70.2 Å². The number of Topliss-reactive ketones (excluding diaryl/α,β-unsaturated/α-hetero) is 1. The highest BCUT2D eigenvalue weighted by Gasteiger charge is 2.27. The van der Waals surface area contributed by atoms with E-state index in [2.05, 4.69) is 4.98 Å². The molecule has 3 aromatic rings. The number of halogens is 3. The fraction of sp³-hybridized carbons (Fsp3) is 0.111. The van der Waals surface area contributed by atoms with Gasteiger partial charge in [0.2, 0.25) is 0 Å². The van der Waals surface area contributed by atoms with Crippen molar-refractivity contribution in [1.29, 1.82) is 0 Å². The molecule has 3 rings (SSSR count). The molecule has 128 valence electrons. The minimum Gasteiger partial charge on any atom is -0.481 e. The van der Waals surface area contributed by atoms with Gasteiger partial charge in [0, 0.05) is 39.1 Å². The summed E-state index contributed by atoms with van der Waals surface area (Å²) in [5, 5.41) is 11.5. The highest BCUT2D eigenvalue weighted by molar-refractivity contribution is 6.36. The van der Waals surface area contributed by atoms with Crippen LogP contribution >= 0.6 is 34.8 Å². The predicted molar refractivity (Wildman–Crippen MR) is 99.1 cm³/mol. The van der Waals surface area contributed by atoms with E-state index in [0.717, 1.165) is 0 Å². The number of carbonyl (C=O) groups excluding carboxylic acids is 1. The first-order chi connectivity index (χ1) is 11.9. The molecule has 0 aliphatic carbocycles. The van der Waals surface area contributed by atoms with Crippen LogP contribution in [0.15, 0.2) is 42.6 Å². The van der Waals surface area contributed by atoms with Crippen molar-refractivity contribution in [3.8, 4) is 0 Å². The predicted octanol–water partition coefficient (Wildman–Crippen LogP) is 5.57. The fourth-order valence-corrected chi connectivity index (χ4v) is 3.44. The van der Waals surface area contributed by atoms with E-state index in [1.165, 1.54) is 12.1 Å². The van der Waals surface area contributed by atoms with Gasteiger partial charge in [-0.25, -0.2) is 0 Å². The Morgan fingerprint density at radius 2 is 1.72 bits per heavy atom. The highest BCUT2D eigenvalue weighted by atomic mass is 35.5. The fourth-order valence-electron chi connectivity index (χ4n) is 2.75. The van der Waals surface area contributed by atoms with Crippen LogP contribution in [0.25, 0.3) is 10.9 Å². The first-order valence-electron chi connectivity index (χ1n) is 7.34. The van der Waals surface area contributed by atoms with Gasteiger partial charge in [0.05, 0.1) is 10.9 Å². The molecule has 0 aliphatic rings. The summed E-state index contributed by atoms with van der Waals surface area (Å²) >= 11 is 17.8. The molecular formula is C18H12Cl3NO3. The molecule has 1 aromatic heterocycles. The Morgan fingerprint density at radius 1 is 1.04 bits per heavy atom. The Bertz CT molecular complexity index is 981. The smallest absolute Gasteiger partial charge is 0.311 e. The molecule has 0 radical (unpaired) electrons. The van der Waals surface area contributed by atoms with Crippen molar-refractivity contribution in [2.24, 2.45) is 0 Å². The van der Waals surface area contributed by atoms with Crippen molar-refractivity contribution in [2.45, 2.75) is 12.3 Å². The number of fused-ring (bicyclic) bond motifs is 1. The summed E-state index contributed by atoms with van der Waals surface area (Å²) in [7, 11) is 0. The number of aromatic nitrogens is 1. The zero-order valence-electron chi connectivity index (χ0n) is 12.7. The average molecular weight is 397 g/mol. The summed E-state index contributed by atoms with van der Waals surface area (Å²) < 4.78 is 0. The van der Waals surface area contributed by atoms with Gasteiger partial charge < -0.3 is 10.1 Å². The third-order valence-electron chi connectivity index (χ3n) is 3.97. The number of benzene rings is 2. The van der Waals surface area contributed by atoms with Crippen LogP contribution in [-0.4, -0.2) is 21.8 Å². The van der Waals surface area contributed by atoms with E-state index >= 15 is 0 Å². The second kappa shape index (κ2) is 7.08. The van der Waals surface area contributed by atoms with Gasteiger partial charge in [0.25, 0.3) is 0 Å². The third kappa shape index (κ3) is 3.66. The SMILES string of the molecule is O=C(CC(C(=O)O)c1c[nH]c2cc(Cl)ccc12)c1ccc(Cl)cc1Cl. The molecule has 0 spiro atoms. The van der Waals surface area contributed by atoms with Crippen LogP contribution < -0.4 is 0 Å². The first kappa shape index (κ1) is 17.8. The van der Waals surface area contributed by atoms with E-state index in [-0.39, 0.29) is 22.8 Å². The molecule has 1 unspecified atom stereocenters. The molecule has 25 heavy (non-hydrogen) atoms. The second-order valence-corrected chi connectivity index (χ2v) is 6.86. The van der Waals surface area contributed by atoms with Crippen molar-refractivity contribution in [3.05, 3.63) is 68.8 Å². The molecule has 1 atom stereocenters. The lowest BCUT2D eigenvalue weighted by Gasteiger charge is -2.12. The Kier molecular flexibility index (Phi) is 5.04. The normalized spacial score (nSPS) is 12.3. The van der Waals surface area contributed by atoms with Crippen molar-refractivity contribution in [1.82, 2.24) is 4.98 Å². The van der Waals surface area contributed by atoms with Gasteiger partial charge in [-0.15, -0.1) is 0 Å². The van der Waals surface area contributed by atoms with Crippen molar-refractivity contribution >= 4 is 57.5 Å². The monoisotopic (exact) mass is 395 g/mol. The van der Waals surface area contributed by atoms with Gasteiger partial charge in [-0.1, -0.05) is 40.9 Å². The number of hydrogen-bond acceptors (Lipinski definition) is 2.